The monoisotopic (exact) mass is 497 g/mol. The number of carbonyl (C=O) groups is 2. The van der Waals surface area contributed by atoms with Crippen LogP contribution in [0.15, 0.2) is 103 Å². The average molecular weight is 498 g/mol. The number of hydrogen-bond acceptors (Lipinski definition) is 6. The first-order chi connectivity index (χ1) is 18.2. The van der Waals surface area contributed by atoms with Crippen molar-refractivity contribution in [3.8, 4) is 5.75 Å². The van der Waals surface area contributed by atoms with Gasteiger partial charge in [0.05, 0.1) is 12.5 Å². The number of ether oxygens (including phenoxy) is 2. The van der Waals surface area contributed by atoms with Crippen LogP contribution in [-0.4, -0.2) is 34.2 Å². The lowest BCUT2D eigenvalue weighted by molar-refractivity contribution is -0.123. The largest absolute Gasteiger partial charge is 0.488 e. The Bertz CT molecular complexity index is 1290. The van der Waals surface area contributed by atoms with Gasteiger partial charge in [0.25, 0.3) is 5.91 Å². The minimum Gasteiger partial charge on any atom is -0.488 e. The van der Waals surface area contributed by atoms with Crippen LogP contribution in [0.1, 0.15) is 22.4 Å². The van der Waals surface area contributed by atoms with Crippen LogP contribution in [0.25, 0.3) is 0 Å². The van der Waals surface area contributed by atoms with Gasteiger partial charge >= 0.3 is 6.09 Å². The SMILES string of the molecule is O=C(N[C@@H](Cc1cnc[nH]1)C(=O)N/N=C\c1ccccc1OCc1ccccc1)OCc1ccccc1. The number of imidazole rings is 1. The van der Waals surface area contributed by atoms with Crippen molar-refractivity contribution in [2.24, 2.45) is 5.10 Å². The molecular formula is C28H27N5O4. The number of nitrogens with zero attached hydrogens (tertiary/aromatic N) is 2. The second-order valence-corrected chi connectivity index (χ2v) is 8.09. The molecule has 0 radical (unpaired) electrons. The zero-order valence-corrected chi connectivity index (χ0v) is 20.0. The third-order valence-corrected chi connectivity index (χ3v) is 5.33. The molecule has 0 fully saturated rings. The number of para-hydroxylation sites is 1. The normalized spacial score (nSPS) is 11.6. The molecule has 0 bridgehead atoms. The highest BCUT2D eigenvalue weighted by Crippen LogP contribution is 2.17. The highest BCUT2D eigenvalue weighted by atomic mass is 16.5. The quantitative estimate of drug-likeness (QED) is 0.214. The summed E-state index contributed by atoms with van der Waals surface area (Å²) in [6.45, 7) is 0.488. The van der Waals surface area contributed by atoms with Crippen molar-refractivity contribution < 1.29 is 19.1 Å². The van der Waals surface area contributed by atoms with E-state index in [1.165, 1.54) is 12.5 Å². The van der Waals surface area contributed by atoms with Gasteiger partial charge in [-0.05, 0) is 23.3 Å². The van der Waals surface area contributed by atoms with E-state index in [2.05, 4.69) is 25.8 Å². The van der Waals surface area contributed by atoms with Gasteiger partial charge in [-0.3, -0.25) is 4.79 Å². The third kappa shape index (κ3) is 8.07. The summed E-state index contributed by atoms with van der Waals surface area (Å²) in [4.78, 5) is 32.2. The Kier molecular flexibility index (Phi) is 9.01. The molecule has 1 heterocycles. The van der Waals surface area contributed by atoms with E-state index >= 15 is 0 Å². The Balaban J connectivity index is 1.36. The molecule has 0 saturated carbocycles. The van der Waals surface area contributed by atoms with Gasteiger partial charge in [0.1, 0.15) is 25.0 Å². The summed E-state index contributed by atoms with van der Waals surface area (Å²) in [5.74, 6) is 0.117. The molecule has 0 aliphatic carbocycles. The summed E-state index contributed by atoms with van der Waals surface area (Å²) in [5.41, 5.74) is 5.74. The van der Waals surface area contributed by atoms with Gasteiger partial charge in [0.2, 0.25) is 0 Å². The van der Waals surface area contributed by atoms with Gasteiger partial charge in [0, 0.05) is 23.9 Å². The number of carbonyl (C=O) groups excluding carboxylic acids is 2. The number of rotatable bonds is 11. The molecule has 37 heavy (non-hydrogen) atoms. The van der Waals surface area contributed by atoms with Crippen molar-refractivity contribution in [2.45, 2.75) is 25.7 Å². The molecule has 0 aliphatic rings. The van der Waals surface area contributed by atoms with Crippen molar-refractivity contribution in [3.05, 3.63) is 120 Å². The van der Waals surface area contributed by atoms with Gasteiger partial charge in [-0.15, -0.1) is 0 Å². The molecule has 2 amide bonds. The van der Waals surface area contributed by atoms with Crippen molar-refractivity contribution in [3.63, 3.8) is 0 Å². The number of H-pyrrole nitrogens is 1. The van der Waals surface area contributed by atoms with E-state index in [0.29, 0.717) is 23.6 Å². The lowest BCUT2D eigenvalue weighted by atomic mass is 10.1. The van der Waals surface area contributed by atoms with E-state index in [1.807, 2.05) is 84.9 Å². The third-order valence-electron chi connectivity index (χ3n) is 5.33. The number of hydrazone groups is 1. The maximum Gasteiger partial charge on any atom is 0.408 e. The average Bonchev–Trinajstić information content (AvgIpc) is 3.45. The molecule has 9 nitrogen and oxygen atoms in total. The van der Waals surface area contributed by atoms with Gasteiger partial charge in [0.15, 0.2) is 0 Å². The topological polar surface area (TPSA) is 118 Å². The summed E-state index contributed by atoms with van der Waals surface area (Å²) in [6, 6.07) is 25.5. The minimum atomic E-state index is -0.939. The Morgan fingerprint density at radius 3 is 2.30 bits per heavy atom. The molecule has 0 saturated heterocycles. The molecule has 1 aromatic heterocycles. The second kappa shape index (κ2) is 13.2. The van der Waals surface area contributed by atoms with E-state index in [1.54, 1.807) is 6.20 Å². The Labute approximate surface area is 214 Å². The fraction of sp³-hybridized carbons (Fsp3) is 0.143. The standard InChI is InChI=1S/C28H27N5O4/c34-27(33-31-16-23-13-7-8-14-26(23)36-18-21-9-3-1-4-10-21)25(15-24-17-29-20-30-24)32-28(35)37-19-22-11-5-2-6-12-22/h1-14,16-17,20,25H,15,18-19H2,(H,29,30)(H,32,35)(H,33,34)/b31-16-/t25-/m0/s1. The second-order valence-electron chi connectivity index (χ2n) is 8.09. The Hall–Kier alpha value is -4.92. The first kappa shape index (κ1) is 25.2. The van der Waals surface area contributed by atoms with E-state index in [-0.39, 0.29) is 13.0 Å². The molecule has 1 atom stereocenters. The molecular weight excluding hydrogens is 470 g/mol. The van der Waals surface area contributed by atoms with Crippen molar-refractivity contribution in [2.75, 3.05) is 0 Å². The Morgan fingerprint density at radius 1 is 0.919 bits per heavy atom. The van der Waals surface area contributed by atoms with Crippen molar-refractivity contribution in [1.29, 1.82) is 0 Å². The van der Waals surface area contributed by atoms with Crippen LogP contribution in [0.2, 0.25) is 0 Å². The smallest absolute Gasteiger partial charge is 0.408 e. The van der Waals surface area contributed by atoms with E-state index in [0.717, 1.165) is 11.1 Å². The van der Waals surface area contributed by atoms with Gasteiger partial charge in [-0.1, -0.05) is 72.8 Å². The van der Waals surface area contributed by atoms with Crippen LogP contribution in [0, 0.1) is 0 Å². The minimum absolute atomic E-state index is 0.0863. The maximum absolute atomic E-state index is 12.9. The lowest BCUT2D eigenvalue weighted by Gasteiger charge is -2.16. The highest BCUT2D eigenvalue weighted by molar-refractivity contribution is 5.88. The molecule has 4 rings (SSSR count). The summed E-state index contributed by atoms with van der Waals surface area (Å²) >= 11 is 0. The van der Waals surface area contributed by atoms with Crippen LogP contribution >= 0.6 is 0 Å². The van der Waals surface area contributed by atoms with E-state index in [9.17, 15) is 9.59 Å². The zero-order valence-electron chi connectivity index (χ0n) is 20.0. The highest BCUT2D eigenvalue weighted by Gasteiger charge is 2.22. The number of hydrogen-bond donors (Lipinski definition) is 3. The van der Waals surface area contributed by atoms with Gasteiger partial charge in [-0.25, -0.2) is 15.2 Å². The summed E-state index contributed by atoms with van der Waals surface area (Å²) < 4.78 is 11.2. The van der Waals surface area contributed by atoms with Gasteiger partial charge in [-0.2, -0.15) is 5.10 Å². The summed E-state index contributed by atoms with van der Waals surface area (Å²) in [6.07, 6.45) is 4.05. The van der Waals surface area contributed by atoms with Gasteiger partial charge < -0.3 is 19.8 Å². The van der Waals surface area contributed by atoms with Crippen molar-refractivity contribution in [1.82, 2.24) is 20.7 Å². The fourth-order valence-corrected chi connectivity index (χ4v) is 3.43. The van der Waals surface area contributed by atoms with Crippen LogP contribution in [0.3, 0.4) is 0 Å². The van der Waals surface area contributed by atoms with Crippen LogP contribution in [-0.2, 0) is 29.2 Å². The first-order valence-electron chi connectivity index (χ1n) is 11.7. The number of benzene rings is 3. The number of alkyl carbamates (subject to hydrolysis) is 1. The molecule has 0 spiro atoms. The fourth-order valence-electron chi connectivity index (χ4n) is 3.43. The Morgan fingerprint density at radius 2 is 1.59 bits per heavy atom. The molecule has 3 N–H and O–H groups in total. The predicted molar refractivity (Wildman–Crippen MR) is 139 cm³/mol. The molecule has 188 valence electrons. The molecule has 3 aromatic carbocycles. The summed E-state index contributed by atoms with van der Waals surface area (Å²) in [5, 5.41) is 6.69. The number of aromatic amines is 1. The maximum atomic E-state index is 12.9. The number of aromatic nitrogens is 2. The van der Waals surface area contributed by atoms with Crippen LogP contribution in [0.4, 0.5) is 4.79 Å². The van der Waals surface area contributed by atoms with Crippen LogP contribution in [0.5, 0.6) is 5.75 Å². The molecule has 9 heteroatoms. The van der Waals surface area contributed by atoms with Crippen molar-refractivity contribution >= 4 is 18.2 Å². The molecule has 4 aromatic rings. The predicted octanol–water partition coefficient (Wildman–Crippen LogP) is 3.98. The lowest BCUT2D eigenvalue weighted by Crippen LogP contribution is -2.47. The summed E-state index contributed by atoms with van der Waals surface area (Å²) in [7, 11) is 0. The van der Waals surface area contributed by atoms with E-state index in [4.69, 9.17) is 9.47 Å². The molecule has 0 unspecified atom stereocenters. The zero-order chi connectivity index (χ0) is 25.7. The van der Waals surface area contributed by atoms with Crippen LogP contribution < -0.4 is 15.5 Å². The number of amides is 2. The molecule has 0 aliphatic heterocycles. The first-order valence-corrected chi connectivity index (χ1v) is 11.7. The van der Waals surface area contributed by atoms with E-state index < -0.39 is 18.0 Å². The number of nitrogens with one attached hydrogen (secondary N) is 3.